The maximum Gasteiger partial charge on any atom is 0.274 e. The van der Waals surface area contributed by atoms with Crippen molar-refractivity contribution in [2.45, 2.75) is 6.42 Å². The molecule has 0 aliphatic carbocycles. The standard InChI is InChI=1S/C11H10FN3O4/c12-7-2-8(4-9(3-7)15(18)19)14-5-6(11(13)17)1-10(14)16/h2-4,6H,1,5H2,(H2,13,17). The Kier molecular flexibility index (Phi) is 3.16. The maximum absolute atomic E-state index is 13.3. The molecule has 1 atom stereocenters. The number of rotatable bonds is 3. The van der Waals surface area contributed by atoms with E-state index in [4.69, 9.17) is 5.73 Å². The molecule has 1 aromatic carbocycles. The quantitative estimate of drug-likeness (QED) is 0.638. The highest BCUT2D eigenvalue weighted by atomic mass is 19.1. The molecule has 1 aromatic rings. The van der Waals surface area contributed by atoms with Crippen LogP contribution in [0, 0.1) is 21.8 Å². The van der Waals surface area contributed by atoms with Gasteiger partial charge in [0.1, 0.15) is 5.82 Å². The van der Waals surface area contributed by atoms with Gasteiger partial charge >= 0.3 is 0 Å². The predicted octanol–water partition coefficient (Wildman–Crippen LogP) is 0.572. The Bertz CT molecular complexity index is 575. The fourth-order valence-electron chi connectivity index (χ4n) is 1.97. The van der Waals surface area contributed by atoms with Crippen molar-refractivity contribution in [3.05, 3.63) is 34.1 Å². The SMILES string of the molecule is NC(=O)C1CC(=O)N(c2cc(F)cc([N+](=O)[O-])c2)C1. The first-order chi connectivity index (χ1) is 8.88. The smallest absolute Gasteiger partial charge is 0.274 e. The summed E-state index contributed by atoms with van der Waals surface area (Å²) in [6, 6.07) is 2.86. The monoisotopic (exact) mass is 267 g/mol. The summed E-state index contributed by atoms with van der Waals surface area (Å²) < 4.78 is 13.3. The molecule has 0 spiro atoms. The zero-order valence-corrected chi connectivity index (χ0v) is 9.71. The predicted molar refractivity (Wildman–Crippen MR) is 62.7 cm³/mol. The second-order valence-electron chi connectivity index (χ2n) is 4.23. The molecule has 19 heavy (non-hydrogen) atoms. The largest absolute Gasteiger partial charge is 0.369 e. The lowest BCUT2D eigenvalue weighted by Crippen LogP contribution is -2.28. The molecule has 0 aromatic heterocycles. The van der Waals surface area contributed by atoms with Crippen molar-refractivity contribution in [2.75, 3.05) is 11.4 Å². The van der Waals surface area contributed by atoms with Crippen molar-refractivity contribution < 1.29 is 18.9 Å². The Labute approximate surface area is 106 Å². The van der Waals surface area contributed by atoms with Crippen molar-refractivity contribution in [1.82, 2.24) is 0 Å². The average molecular weight is 267 g/mol. The number of anilines is 1. The van der Waals surface area contributed by atoms with Gasteiger partial charge in [0.15, 0.2) is 0 Å². The van der Waals surface area contributed by atoms with Crippen LogP contribution in [-0.2, 0) is 9.59 Å². The van der Waals surface area contributed by atoms with Crippen LogP contribution in [0.5, 0.6) is 0 Å². The fourth-order valence-corrected chi connectivity index (χ4v) is 1.97. The maximum atomic E-state index is 13.3. The number of nitrogens with two attached hydrogens (primary N) is 1. The van der Waals surface area contributed by atoms with Crippen molar-refractivity contribution in [3.8, 4) is 0 Å². The summed E-state index contributed by atoms with van der Waals surface area (Å²) in [6.07, 6.45) is -0.0698. The number of halogens is 1. The molecule has 2 N–H and O–H groups in total. The van der Waals surface area contributed by atoms with E-state index in [1.165, 1.54) is 0 Å². The van der Waals surface area contributed by atoms with Gasteiger partial charge in [-0.25, -0.2) is 4.39 Å². The molecule has 2 rings (SSSR count). The Morgan fingerprint density at radius 2 is 2.16 bits per heavy atom. The van der Waals surface area contributed by atoms with Crippen molar-refractivity contribution in [3.63, 3.8) is 0 Å². The van der Waals surface area contributed by atoms with Gasteiger partial charge in [-0.2, -0.15) is 0 Å². The molecule has 1 aliphatic heterocycles. The van der Waals surface area contributed by atoms with Gasteiger partial charge in [0.2, 0.25) is 11.8 Å². The van der Waals surface area contributed by atoms with Crippen LogP contribution >= 0.6 is 0 Å². The average Bonchev–Trinajstić information content (AvgIpc) is 2.70. The number of nitrogens with zero attached hydrogens (tertiary/aromatic N) is 2. The number of primary amides is 1. The zero-order chi connectivity index (χ0) is 14.2. The first kappa shape index (κ1) is 12.9. The van der Waals surface area contributed by atoms with Gasteiger partial charge < -0.3 is 10.6 Å². The molecular weight excluding hydrogens is 257 g/mol. The number of hydrogen-bond acceptors (Lipinski definition) is 4. The zero-order valence-electron chi connectivity index (χ0n) is 9.71. The lowest BCUT2D eigenvalue weighted by Gasteiger charge is -2.16. The van der Waals surface area contributed by atoms with Crippen LogP contribution in [0.3, 0.4) is 0 Å². The molecule has 0 radical (unpaired) electrons. The van der Waals surface area contributed by atoms with E-state index < -0.39 is 34.2 Å². The van der Waals surface area contributed by atoms with Gasteiger partial charge in [-0.1, -0.05) is 0 Å². The topological polar surface area (TPSA) is 107 Å². The highest BCUT2D eigenvalue weighted by Crippen LogP contribution is 2.28. The molecule has 1 aliphatic rings. The molecule has 1 unspecified atom stereocenters. The minimum atomic E-state index is -0.820. The van der Waals surface area contributed by atoms with Crippen LogP contribution in [0.15, 0.2) is 18.2 Å². The van der Waals surface area contributed by atoms with Crippen LogP contribution in [0.1, 0.15) is 6.42 Å². The Balaban J connectivity index is 2.34. The Morgan fingerprint density at radius 1 is 1.47 bits per heavy atom. The Hall–Kier alpha value is -2.51. The number of non-ortho nitro benzene ring substituents is 1. The number of amides is 2. The van der Waals surface area contributed by atoms with Crippen molar-refractivity contribution in [1.29, 1.82) is 0 Å². The molecule has 2 amide bonds. The summed E-state index contributed by atoms with van der Waals surface area (Å²) >= 11 is 0. The van der Waals surface area contributed by atoms with Crippen LogP contribution < -0.4 is 10.6 Å². The van der Waals surface area contributed by atoms with Crippen molar-refractivity contribution >= 4 is 23.2 Å². The van der Waals surface area contributed by atoms with Crippen LogP contribution in [0.25, 0.3) is 0 Å². The highest BCUT2D eigenvalue weighted by molar-refractivity contribution is 6.00. The fraction of sp³-hybridized carbons (Fsp3) is 0.273. The van der Waals surface area contributed by atoms with Gasteiger partial charge in [-0.3, -0.25) is 19.7 Å². The molecule has 1 fully saturated rings. The normalized spacial score (nSPS) is 18.7. The van der Waals surface area contributed by atoms with Crippen molar-refractivity contribution in [2.24, 2.45) is 11.7 Å². The molecule has 1 heterocycles. The summed E-state index contributed by atoms with van der Waals surface area (Å²) in [6.45, 7) is 0.00870. The number of nitro benzene ring substituents is 1. The molecule has 0 bridgehead atoms. The van der Waals surface area contributed by atoms with E-state index in [9.17, 15) is 24.1 Å². The van der Waals surface area contributed by atoms with Crippen LogP contribution in [0.4, 0.5) is 15.8 Å². The van der Waals surface area contributed by atoms with E-state index in [1.807, 2.05) is 0 Å². The van der Waals surface area contributed by atoms with E-state index in [0.717, 1.165) is 23.1 Å². The minimum absolute atomic E-state index is 0.00870. The number of carbonyl (C=O) groups is 2. The number of benzene rings is 1. The lowest BCUT2D eigenvalue weighted by atomic mass is 10.1. The second-order valence-corrected chi connectivity index (χ2v) is 4.23. The summed E-state index contributed by atoms with van der Waals surface area (Å²) in [4.78, 5) is 33.7. The first-order valence-corrected chi connectivity index (χ1v) is 5.43. The number of nitro groups is 1. The number of carbonyl (C=O) groups excluding carboxylic acids is 2. The molecular formula is C11H10FN3O4. The Morgan fingerprint density at radius 3 is 2.68 bits per heavy atom. The van der Waals surface area contributed by atoms with Gasteiger partial charge in [0, 0.05) is 19.0 Å². The van der Waals surface area contributed by atoms with Gasteiger partial charge in [0.05, 0.1) is 22.6 Å². The first-order valence-electron chi connectivity index (χ1n) is 5.43. The van der Waals surface area contributed by atoms with E-state index >= 15 is 0 Å². The third kappa shape index (κ3) is 2.51. The van der Waals surface area contributed by atoms with E-state index in [0.29, 0.717) is 0 Å². The van der Waals surface area contributed by atoms with Gasteiger partial charge in [-0.15, -0.1) is 0 Å². The summed E-state index contributed by atoms with van der Waals surface area (Å²) in [5.41, 5.74) is 4.71. The van der Waals surface area contributed by atoms with E-state index in [-0.39, 0.29) is 18.7 Å². The third-order valence-electron chi connectivity index (χ3n) is 2.92. The van der Waals surface area contributed by atoms with Crippen LogP contribution in [-0.4, -0.2) is 23.3 Å². The summed E-state index contributed by atoms with van der Waals surface area (Å²) in [7, 11) is 0. The van der Waals surface area contributed by atoms with Gasteiger partial charge in [-0.05, 0) is 6.07 Å². The molecule has 7 nitrogen and oxygen atoms in total. The summed E-state index contributed by atoms with van der Waals surface area (Å²) in [5.74, 6) is -2.51. The van der Waals surface area contributed by atoms with Crippen LogP contribution in [0.2, 0.25) is 0 Å². The highest BCUT2D eigenvalue weighted by Gasteiger charge is 2.34. The third-order valence-corrected chi connectivity index (χ3v) is 2.92. The molecule has 8 heteroatoms. The van der Waals surface area contributed by atoms with E-state index in [1.54, 1.807) is 0 Å². The lowest BCUT2D eigenvalue weighted by molar-refractivity contribution is -0.385. The number of hydrogen-bond donors (Lipinski definition) is 1. The van der Waals surface area contributed by atoms with E-state index in [2.05, 4.69) is 0 Å². The molecule has 1 saturated heterocycles. The second kappa shape index (κ2) is 4.63. The van der Waals surface area contributed by atoms with Gasteiger partial charge in [0.25, 0.3) is 5.69 Å². The minimum Gasteiger partial charge on any atom is -0.369 e. The molecule has 0 saturated carbocycles. The molecule has 100 valence electrons. The summed E-state index contributed by atoms with van der Waals surface area (Å²) in [5, 5.41) is 10.6.